The van der Waals surface area contributed by atoms with Crippen LogP contribution in [0.4, 0.5) is 0 Å². The fourth-order valence-corrected chi connectivity index (χ4v) is 4.47. The molecular weight excluding hydrogens is 436 g/mol. The molecule has 1 unspecified atom stereocenters. The second-order valence-electron chi connectivity index (χ2n) is 10.1. The number of aromatic hydroxyl groups is 2. The van der Waals surface area contributed by atoms with Gasteiger partial charge in [-0.2, -0.15) is 0 Å². The van der Waals surface area contributed by atoms with Crippen LogP contribution in [-0.2, 0) is 6.42 Å². The van der Waals surface area contributed by atoms with E-state index in [4.69, 9.17) is 9.47 Å². The standard InChI is InChI=1S/C31H50O4/c1-9-13-22(2)14-10-15-23(3)16-11-17-24(4)18-12-19-25(5)20-21-27-26(6)28(32)30(34-7)31(35-8)29(27)33/h14,16,18,25,32-33H,9-13,15,17,19-21H2,1-8H3/b22-14-,23-16-,24-18+. The van der Waals surface area contributed by atoms with Crippen LogP contribution in [0, 0.1) is 12.8 Å². The monoisotopic (exact) mass is 486 g/mol. The maximum atomic E-state index is 10.6. The molecule has 0 saturated carbocycles. The zero-order valence-electron chi connectivity index (χ0n) is 23.6. The summed E-state index contributed by atoms with van der Waals surface area (Å²) in [5.74, 6) is 1.00. The Balaban J connectivity index is 2.48. The first kappa shape index (κ1) is 30.7. The van der Waals surface area contributed by atoms with Gasteiger partial charge in [-0.3, -0.25) is 0 Å². The van der Waals surface area contributed by atoms with Crippen LogP contribution in [0.3, 0.4) is 0 Å². The summed E-state index contributed by atoms with van der Waals surface area (Å²) in [4.78, 5) is 0. The van der Waals surface area contributed by atoms with Crippen LogP contribution in [0.5, 0.6) is 23.0 Å². The Bertz CT molecular complexity index is 877. The highest BCUT2D eigenvalue weighted by Crippen LogP contribution is 2.48. The van der Waals surface area contributed by atoms with E-state index < -0.39 is 0 Å². The summed E-state index contributed by atoms with van der Waals surface area (Å²) in [5.41, 5.74) is 5.85. The zero-order chi connectivity index (χ0) is 26.4. The van der Waals surface area contributed by atoms with Gasteiger partial charge < -0.3 is 19.7 Å². The Labute approximate surface area is 214 Å². The van der Waals surface area contributed by atoms with Crippen molar-refractivity contribution in [3.05, 3.63) is 46.1 Å². The number of ether oxygens (including phenoxy) is 2. The van der Waals surface area contributed by atoms with E-state index in [9.17, 15) is 10.2 Å². The van der Waals surface area contributed by atoms with E-state index in [1.54, 1.807) is 0 Å². The molecule has 4 heteroatoms. The zero-order valence-corrected chi connectivity index (χ0v) is 23.6. The summed E-state index contributed by atoms with van der Waals surface area (Å²) in [7, 11) is 2.93. The molecule has 35 heavy (non-hydrogen) atoms. The molecule has 1 aromatic rings. The third-order valence-corrected chi connectivity index (χ3v) is 6.89. The lowest BCUT2D eigenvalue weighted by Crippen LogP contribution is -2.02. The lowest BCUT2D eigenvalue weighted by Gasteiger charge is -2.19. The minimum absolute atomic E-state index is 0.0377. The number of phenolic OH excluding ortho intramolecular Hbond substituents is 2. The Morgan fingerprint density at radius 2 is 1.26 bits per heavy atom. The number of phenols is 2. The van der Waals surface area contributed by atoms with Gasteiger partial charge in [0.05, 0.1) is 14.2 Å². The molecule has 0 radical (unpaired) electrons. The lowest BCUT2D eigenvalue weighted by molar-refractivity contribution is 0.313. The Morgan fingerprint density at radius 1 is 0.771 bits per heavy atom. The third kappa shape index (κ3) is 10.4. The Hall–Kier alpha value is -2.36. The third-order valence-electron chi connectivity index (χ3n) is 6.89. The average molecular weight is 487 g/mol. The van der Waals surface area contributed by atoms with Crippen molar-refractivity contribution in [2.24, 2.45) is 5.92 Å². The van der Waals surface area contributed by atoms with Crippen molar-refractivity contribution < 1.29 is 19.7 Å². The fourth-order valence-electron chi connectivity index (χ4n) is 4.47. The maximum absolute atomic E-state index is 10.6. The van der Waals surface area contributed by atoms with Crippen molar-refractivity contribution in [1.82, 2.24) is 0 Å². The quantitative estimate of drug-likeness (QED) is 0.181. The van der Waals surface area contributed by atoms with Gasteiger partial charge >= 0.3 is 0 Å². The first-order valence-corrected chi connectivity index (χ1v) is 13.3. The molecule has 0 amide bonds. The second-order valence-corrected chi connectivity index (χ2v) is 10.1. The minimum Gasteiger partial charge on any atom is -0.504 e. The molecule has 0 aliphatic carbocycles. The molecule has 198 valence electrons. The fraction of sp³-hybridized carbons (Fsp3) is 0.613. The number of allylic oxidation sites excluding steroid dienone is 6. The molecule has 0 saturated heterocycles. The molecule has 4 nitrogen and oxygen atoms in total. The van der Waals surface area contributed by atoms with Crippen LogP contribution in [0.2, 0.25) is 0 Å². The summed E-state index contributed by atoms with van der Waals surface area (Å²) in [6.07, 6.45) is 18.0. The van der Waals surface area contributed by atoms with Crippen molar-refractivity contribution in [2.45, 2.75) is 106 Å². The normalized spacial score (nSPS) is 13.8. The first-order valence-electron chi connectivity index (χ1n) is 13.3. The van der Waals surface area contributed by atoms with Gasteiger partial charge in [-0.15, -0.1) is 0 Å². The highest BCUT2D eigenvalue weighted by atomic mass is 16.5. The van der Waals surface area contributed by atoms with Gasteiger partial charge in [0.2, 0.25) is 11.5 Å². The van der Waals surface area contributed by atoms with Crippen LogP contribution in [-0.4, -0.2) is 24.4 Å². The first-order chi connectivity index (χ1) is 16.7. The van der Waals surface area contributed by atoms with Crippen LogP contribution in [0.1, 0.15) is 104 Å². The molecule has 2 N–H and O–H groups in total. The Kier molecular flexibility index (Phi) is 14.3. The second kappa shape index (κ2) is 16.3. The molecule has 1 rings (SSSR count). The van der Waals surface area contributed by atoms with Gasteiger partial charge in [0, 0.05) is 11.1 Å². The largest absolute Gasteiger partial charge is 0.504 e. The minimum atomic E-state index is 0.0377. The van der Waals surface area contributed by atoms with E-state index in [1.807, 2.05) is 6.92 Å². The lowest BCUT2D eigenvalue weighted by atomic mass is 9.93. The predicted octanol–water partition coefficient (Wildman–Crippen LogP) is 8.97. The number of benzene rings is 1. The number of hydrogen-bond acceptors (Lipinski definition) is 4. The van der Waals surface area contributed by atoms with Crippen LogP contribution < -0.4 is 9.47 Å². The van der Waals surface area contributed by atoms with Crippen LogP contribution >= 0.6 is 0 Å². The highest BCUT2D eigenvalue weighted by molar-refractivity contribution is 5.65. The van der Waals surface area contributed by atoms with Gasteiger partial charge in [0.15, 0.2) is 11.5 Å². The average Bonchev–Trinajstić information content (AvgIpc) is 2.81. The summed E-state index contributed by atoms with van der Waals surface area (Å²) in [6.45, 7) is 13.0. The number of rotatable bonds is 16. The van der Waals surface area contributed by atoms with Gasteiger partial charge in [0.25, 0.3) is 0 Å². The number of hydrogen-bond donors (Lipinski definition) is 2. The van der Waals surface area contributed by atoms with Crippen molar-refractivity contribution in [2.75, 3.05) is 14.2 Å². The van der Waals surface area contributed by atoms with E-state index in [0.29, 0.717) is 17.9 Å². The SMILES string of the molecule is CCC/C(C)=C\CC/C(C)=C\CC/C(C)=C/CCC(C)CCc1c(C)c(O)c(OC)c(OC)c1O. The smallest absolute Gasteiger partial charge is 0.207 e. The van der Waals surface area contributed by atoms with E-state index in [0.717, 1.165) is 50.5 Å². The van der Waals surface area contributed by atoms with Crippen molar-refractivity contribution >= 4 is 0 Å². The molecule has 0 aliphatic heterocycles. The molecule has 0 aromatic heterocycles. The van der Waals surface area contributed by atoms with Crippen molar-refractivity contribution in [3.63, 3.8) is 0 Å². The van der Waals surface area contributed by atoms with E-state index in [1.165, 1.54) is 43.8 Å². The molecular formula is C31H50O4. The van der Waals surface area contributed by atoms with Crippen molar-refractivity contribution in [3.8, 4) is 23.0 Å². The van der Waals surface area contributed by atoms with Gasteiger partial charge in [-0.05, 0) is 91.4 Å². The molecule has 0 fully saturated rings. The summed E-state index contributed by atoms with van der Waals surface area (Å²) < 4.78 is 10.5. The van der Waals surface area contributed by atoms with Gasteiger partial charge in [0.1, 0.15) is 0 Å². The van der Waals surface area contributed by atoms with Gasteiger partial charge in [-0.1, -0.05) is 55.2 Å². The van der Waals surface area contributed by atoms with Crippen LogP contribution in [0.25, 0.3) is 0 Å². The van der Waals surface area contributed by atoms with E-state index >= 15 is 0 Å². The molecule has 0 spiro atoms. The molecule has 0 heterocycles. The maximum Gasteiger partial charge on any atom is 0.207 e. The predicted molar refractivity (Wildman–Crippen MR) is 149 cm³/mol. The summed E-state index contributed by atoms with van der Waals surface area (Å²) >= 11 is 0. The van der Waals surface area contributed by atoms with Crippen molar-refractivity contribution in [1.29, 1.82) is 0 Å². The molecule has 1 atom stereocenters. The highest BCUT2D eigenvalue weighted by Gasteiger charge is 2.23. The summed E-state index contributed by atoms with van der Waals surface area (Å²) in [6, 6.07) is 0. The van der Waals surface area contributed by atoms with Gasteiger partial charge in [-0.25, -0.2) is 0 Å². The molecule has 1 aromatic carbocycles. The summed E-state index contributed by atoms with van der Waals surface area (Å²) in [5, 5.41) is 21.1. The molecule has 0 aliphatic rings. The number of methoxy groups -OCH3 is 2. The van der Waals surface area contributed by atoms with Crippen LogP contribution in [0.15, 0.2) is 34.9 Å². The van der Waals surface area contributed by atoms with E-state index in [2.05, 4.69) is 52.8 Å². The molecule has 0 bridgehead atoms. The van der Waals surface area contributed by atoms with E-state index in [-0.39, 0.29) is 23.0 Å². The topological polar surface area (TPSA) is 58.9 Å². The Morgan fingerprint density at radius 3 is 1.77 bits per heavy atom.